The maximum Gasteiger partial charge on any atom is 0.121 e. The number of nitrogens with zero attached hydrogens (tertiary/aromatic N) is 2. The van der Waals surface area contributed by atoms with Gasteiger partial charge in [-0.25, -0.2) is 0 Å². The van der Waals surface area contributed by atoms with E-state index in [-0.39, 0.29) is 25.7 Å². The Kier molecular flexibility index (Phi) is 7.60. The second kappa shape index (κ2) is 14.3. The van der Waals surface area contributed by atoms with Crippen LogP contribution in [-0.2, 0) is 26.5 Å². The molecule has 245 valence electrons. The van der Waals surface area contributed by atoms with Crippen LogP contribution in [0.1, 0.15) is 47.1 Å². The van der Waals surface area contributed by atoms with E-state index in [2.05, 4.69) is 46.4 Å². The molecule has 3 heterocycles. The van der Waals surface area contributed by atoms with E-state index in [1.54, 1.807) is 24.4 Å². The van der Waals surface area contributed by atoms with Crippen LogP contribution in [-0.4, -0.2) is 9.97 Å². The van der Waals surface area contributed by atoms with Gasteiger partial charge < -0.3 is 14.4 Å². The number of benzene rings is 5. The quantitative estimate of drug-likeness (QED) is 0.166. The van der Waals surface area contributed by atoms with Gasteiger partial charge in [0.2, 0.25) is 0 Å². The van der Waals surface area contributed by atoms with Crippen molar-refractivity contribution in [2.45, 2.75) is 40.9 Å². The van der Waals surface area contributed by atoms with Gasteiger partial charge in [0.05, 0.1) is 5.58 Å². The molecule has 0 aliphatic heterocycles. The van der Waals surface area contributed by atoms with Gasteiger partial charge >= 0.3 is 0 Å². The van der Waals surface area contributed by atoms with Gasteiger partial charge in [0.15, 0.2) is 0 Å². The first-order valence-electron chi connectivity index (χ1n) is 19.4. The normalized spacial score (nSPS) is 14.0. The largest absolute Gasteiger partial charge is 0.501 e. The van der Waals surface area contributed by atoms with Crippen molar-refractivity contribution in [2.24, 2.45) is 5.41 Å². The summed E-state index contributed by atoms with van der Waals surface area (Å²) in [6.07, 6.45) is 1.52. The van der Waals surface area contributed by atoms with Crippen LogP contribution in [0.2, 0.25) is 0 Å². The Balaban J connectivity index is 0.000000190. The summed E-state index contributed by atoms with van der Waals surface area (Å²) in [7, 11) is 0. The Morgan fingerprint density at radius 1 is 0.796 bits per heavy atom. The molecule has 0 atom stereocenters. The molecule has 0 amide bonds. The summed E-state index contributed by atoms with van der Waals surface area (Å²) in [6.45, 7) is 2.42. The summed E-state index contributed by atoms with van der Waals surface area (Å²) in [5.74, 6) is 0. The summed E-state index contributed by atoms with van der Waals surface area (Å²) >= 11 is 0. The summed E-state index contributed by atoms with van der Waals surface area (Å²) in [4.78, 5) is 8.76. The molecule has 0 fully saturated rings. The van der Waals surface area contributed by atoms with E-state index >= 15 is 0 Å². The SMILES string of the molecule is [2H]C([2H])(c1ccnc(-c2[c-]ccc3c2oc2cc4ccccc4cc23)c1)C(C)(C)C.[2H]C([2H])c1c[c-]c(-c2ccc(C([2H])([2H])[2H])cn2)cc1-c1ccccc1.[Ir]. The van der Waals surface area contributed by atoms with Crippen LogP contribution in [0.4, 0.5) is 0 Å². The molecule has 5 aromatic carbocycles. The molecule has 3 nitrogen and oxygen atoms in total. The van der Waals surface area contributed by atoms with E-state index in [1.807, 2.05) is 87.5 Å². The maximum atomic E-state index is 8.62. The van der Waals surface area contributed by atoms with Crippen molar-refractivity contribution in [3.8, 4) is 33.6 Å². The second-order valence-electron chi connectivity index (χ2n) is 12.7. The fourth-order valence-corrected chi connectivity index (χ4v) is 5.77. The van der Waals surface area contributed by atoms with Gasteiger partial charge in [-0.3, -0.25) is 0 Å². The number of hydrogen-bond donors (Lipinski definition) is 0. The van der Waals surface area contributed by atoms with Crippen LogP contribution < -0.4 is 0 Å². The summed E-state index contributed by atoms with van der Waals surface area (Å²) in [6, 6.07) is 42.5. The molecular formula is C45H38IrN2O-2. The van der Waals surface area contributed by atoms with Crippen LogP contribution in [0.15, 0.2) is 132 Å². The average Bonchev–Trinajstić information content (AvgIpc) is 3.54. The van der Waals surface area contributed by atoms with E-state index < -0.39 is 25.5 Å². The monoisotopic (exact) mass is 822 g/mol. The number of furan rings is 1. The van der Waals surface area contributed by atoms with Gasteiger partial charge in [-0.05, 0) is 70.1 Å². The van der Waals surface area contributed by atoms with E-state index in [1.165, 1.54) is 17.6 Å². The third-order valence-electron chi connectivity index (χ3n) is 7.94. The zero-order chi connectivity index (χ0) is 39.1. The number of rotatable bonds is 4. The van der Waals surface area contributed by atoms with Gasteiger partial charge in [-0.15, -0.1) is 47.5 Å². The van der Waals surface area contributed by atoms with Crippen molar-refractivity contribution in [3.63, 3.8) is 0 Å². The third-order valence-corrected chi connectivity index (χ3v) is 7.94. The van der Waals surface area contributed by atoms with Gasteiger partial charge in [-0.2, -0.15) is 0 Å². The molecule has 3 aromatic heterocycles. The van der Waals surface area contributed by atoms with E-state index in [0.717, 1.165) is 44.0 Å². The smallest absolute Gasteiger partial charge is 0.121 e. The molecule has 0 saturated heterocycles. The molecule has 0 aliphatic rings. The van der Waals surface area contributed by atoms with Crippen LogP contribution in [0.25, 0.3) is 66.4 Å². The van der Waals surface area contributed by atoms with E-state index in [9.17, 15) is 0 Å². The van der Waals surface area contributed by atoms with Crippen molar-refractivity contribution in [1.82, 2.24) is 9.97 Å². The zero-order valence-corrected chi connectivity index (χ0v) is 29.7. The number of aryl methyl sites for hydroxylation is 2. The Hall–Kier alpha value is -4.89. The summed E-state index contributed by atoms with van der Waals surface area (Å²) in [5, 5.41) is 4.37. The third kappa shape index (κ3) is 7.57. The number of pyridine rings is 2. The van der Waals surface area contributed by atoms with Crippen molar-refractivity contribution >= 4 is 32.7 Å². The molecule has 0 saturated carbocycles. The fraction of sp³-hybridized carbons (Fsp3) is 0.156. The maximum absolute atomic E-state index is 8.62. The van der Waals surface area contributed by atoms with Crippen molar-refractivity contribution < 1.29 is 34.1 Å². The van der Waals surface area contributed by atoms with Crippen LogP contribution in [0, 0.1) is 31.3 Å². The Morgan fingerprint density at radius 3 is 2.33 bits per heavy atom. The summed E-state index contributed by atoms with van der Waals surface area (Å²) in [5.41, 5.74) is 6.77. The molecule has 0 N–H and O–H groups in total. The molecule has 49 heavy (non-hydrogen) atoms. The van der Waals surface area contributed by atoms with Crippen molar-refractivity contribution in [1.29, 1.82) is 0 Å². The van der Waals surface area contributed by atoms with Gasteiger partial charge in [0.1, 0.15) is 5.58 Å². The Bertz CT molecular complexity index is 2630. The molecule has 8 rings (SSSR count). The second-order valence-corrected chi connectivity index (χ2v) is 12.7. The van der Waals surface area contributed by atoms with Gasteiger partial charge in [-0.1, -0.05) is 123 Å². The van der Waals surface area contributed by atoms with Gasteiger partial charge in [0.25, 0.3) is 0 Å². The molecule has 1 radical (unpaired) electrons. The first kappa shape index (κ1) is 26.0. The Labute approximate surface area is 312 Å². The van der Waals surface area contributed by atoms with Crippen LogP contribution in [0.5, 0.6) is 0 Å². The molecule has 0 aliphatic carbocycles. The van der Waals surface area contributed by atoms with E-state index in [4.69, 9.17) is 14.0 Å². The molecule has 0 unspecified atom stereocenters. The standard InChI is InChI=1S/C26H22NO.C19H16N.Ir/c1-26(2,3)16-17-11-12-27-23(13-17)21-10-6-9-20-22-14-18-7-4-5-8-19(18)15-24(22)28-25(20)21;1-14-8-11-19(20-13-14)17-10-9-15(2)18(12-17)16-6-4-3-5-7-16;/h4-9,11-15H,16H2,1-3H3;3-9,11-13H,1-2H3;/q2*-1;/i16D2;1D3,2D2;. The molecular weight excluding hydrogens is 777 g/mol. The minimum atomic E-state index is -2.18. The predicted octanol–water partition coefficient (Wildman–Crippen LogP) is 12.0. The average molecular weight is 822 g/mol. The molecule has 4 heteroatoms. The number of aromatic nitrogens is 2. The number of hydrogen-bond acceptors (Lipinski definition) is 3. The van der Waals surface area contributed by atoms with E-state index in [0.29, 0.717) is 28.1 Å². The topological polar surface area (TPSA) is 38.9 Å². The van der Waals surface area contributed by atoms with Crippen LogP contribution in [0.3, 0.4) is 0 Å². The number of fused-ring (bicyclic) bond motifs is 4. The fourth-order valence-electron chi connectivity index (χ4n) is 5.77. The zero-order valence-electron chi connectivity index (χ0n) is 34.3. The molecule has 8 aromatic rings. The molecule has 0 spiro atoms. The van der Waals surface area contributed by atoms with Crippen molar-refractivity contribution in [3.05, 3.63) is 156 Å². The Morgan fingerprint density at radius 2 is 1.59 bits per heavy atom. The van der Waals surface area contributed by atoms with Crippen LogP contribution >= 0.6 is 0 Å². The summed E-state index contributed by atoms with van der Waals surface area (Å²) < 4.78 is 61.2. The predicted molar refractivity (Wildman–Crippen MR) is 200 cm³/mol. The first-order chi connectivity index (χ1) is 26.1. The molecule has 0 bridgehead atoms. The van der Waals surface area contributed by atoms with Crippen molar-refractivity contribution in [2.75, 3.05) is 0 Å². The minimum Gasteiger partial charge on any atom is -0.501 e. The van der Waals surface area contributed by atoms with Gasteiger partial charge in [0, 0.05) is 47.5 Å². The minimum absolute atomic E-state index is 0. The first-order valence-corrected chi connectivity index (χ1v) is 15.8.